The highest BCUT2D eigenvalue weighted by atomic mass is 16.5. The van der Waals surface area contributed by atoms with Crippen molar-refractivity contribution in [1.29, 1.82) is 0 Å². The molecular weight excluding hydrogens is 472 g/mol. The molecule has 4 fully saturated rings. The molecule has 0 bridgehead atoms. The van der Waals surface area contributed by atoms with Gasteiger partial charge in [0.2, 0.25) is 0 Å². The average molecular weight is 519 g/mol. The number of ketones is 1. The molecule has 5 aliphatic rings. The Morgan fingerprint density at radius 2 is 1.70 bits per heavy atom. The van der Waals surface area contributed by atoms with Crippen LogP contribution in [0, 0.1) is 39.4 Å². The maximum atomic E-state index is 14.3. The van der Waals surface area contributed by atoms with Gasteiger partial charge in [0.15, 0.2) is 0 Å². The summed E-state index contributed by atoms with van der Waals surface area (Å²) in [6, 6.07) is 0. The first-order valence-electron chi connectivity index (χ1n) is 13.9. The summed E-state index contributed by atoms with van der Waals surface area (Å²) in [6.45, 7) is 13.6. The summed E-state index contributed by atoms with van der Waals surface area (Å²) >= 11 is 0. The lowest BCUT2D eigenvalue weighted by atomic mass is 9.38. The smallest absolute Gasteiger partial charge is 0.140 e. The van der Waals surface area contributed by atoms with Crippen LogP contribution in [-0.4, -0.2) is 74.0 Å². The summed E-state index contributed by atoms with van der Waals surface area (Å²) in [5.41, 5.74) is -2.24. The van der Waals surface area contributed by atoms with Crippen molar-refractivity contribution in [2.75, 3.05) is 6.61 Å². The first-order valence-corrected chi connectivity index (χ1v) is 13.9. The molecule has 3 saturated carbocycles. The van der Waals surface area contributed by atoms with Gasteiger partial charge in [-0.05, 0) is 49.0 Å². The molecule has 4 aliphatic carbocycles. The fourth-order valence-electron chi connectivity index (χ4n) is 10.1. The fourth-order valence-corrected chi connectivity index (χ4v) is 10.1. The Labute approximate surface area is 220 Å². The van der Waals surface area contributed by atoms with Crippen LogP contribution in [0.5, 0.6) is 0 Å². The number of rotatable bonds is 2. The van der Waals surface area contributed by atoms with Crippen molar-refractivity contribution in [2.45, 2.75) is 110 Å². The van der Waals surface area contributed by atoms with Gasteiger partial charge in [-0.3, -0.25) is 4.79 Å². The fraction of sp³-hybridized carbons (Fsp3) is 0.833. The van der Waals surface area contributed by atoms with E-state index in [9.17, 15) is 30.3 Å². The Bertz CT molecular complexity index is 1040. The van der Waals surface area contributed by atoms with Gasteiger partial charge in [-0.2, -0.15) is 0 Å². The molecule has 1 heterocycles. The van der Waals surface area contributed by atoms with Crippen LogP contribution < -0.4 is 0 Å². The molecule has 0 aromatic rings. The number of carbonyl (C=O) groups excluding carboxylic acids is 1. The van der Waals surface area contributed by atoms with Crippen LogP contribution in [-0.2, 0) is 9.53 Å². The van der Waals surface area contributed by atoms with E-state index < -0.39 is 51.5 Å². The van der Waals surface area contributed by atoms with E-state index in [1.807, 2.05) is 46.8 Å². The van der Waals surface area contributed by atoms with Crippen molar-refractivity contribution in [1.82, 2.24) is 0 Å². The molecule has 37 heavy (non-hydrogen) atoms. The van der Waals surface area contributed by atoms with Gasteiger partial charge in [0.25, 0.3) is 0 Å². The molecule has 12 atom stereocenters. The molecule has 12 unspecified atom stereocenters. The van der Waals surface area contributed by atoms with Crippen LogP contribution >= 0.6 is 0 Å². The zero-order valence-corrected chi connectivity index (χ0v) is 23.4. The largest absolute Gasteiger partial charge is 0.392 e. The second-order valence-corrected chi connectivity index (χ2v) is 14.5. The lowest BCUT2D eigenvalue weighted by Crippen LogP contribution is -2.68. The summed E-state index contributed by atoms with van der Waals surface area (Å²) in [6.07, 6.45) is 1.81. The molecule has 5 rings (SSSR count). The Morgan fingerprint density at radius 1 is 1.05 bits per heavy atom. The second-order valence-electron chi connectivity index (χ2n) is 14.5. The van der Waals surface area contributed by atoms with Gasteiger partial charge in [-0.1, -0.05) is 52.3 Å². The van der Waals surface area contributed by atoms with Gasteiger partial charge in [0, 0.05) is 35.5 Å². The summed E-state index contributed by atoms with van der Waals surface area (Å²) < 4.78 is 6.57. The first-order chi connectivity index (χ1) is 16.9. The highest BCUT2D eigenvalue weighted by molar-refractivity contribution is 5.88. The maximum absolute atomic E-state index is 14.3. The minimum atomic E-state index is -1.09. The zero-order chi connectivity index (χ0) is 27.5. The monoisotopic (exact) mass is 518 g/mol. The molecule has 1 saturated heterocycles. The lowest BCUT2D eigenvalue weighted by Gasteiger charge is -2.66. The SMILES string of the molecule is CC(=CC1CC(C)(O)C2C(CC3(C)C4C(O)C=C5C(CC(O)C(O)C5(C)C)C4(C)C(=O)CC23C)O1)CO. The third-order valence-electron chi connectivity index (χ3n) is 11.9. The second kappa shape index (κ2) is 8.21. The first kappa shape index (κ1) is 27.5. The normalized spacial score (nSPS) is 55.1. The van der Waals surface area contributed by atoms with E-state index in [4.69, 9.17) is 4.74 Å². The van der Waals surface area contributed by atoms with Gasteiger partial charge in [-0.15, -0.1) is 0 Å². The number of aliphatic hydroxyl groups excluding tert-OH is 4. The van der Waals surface area contributed by atoms with Crippen LogP contribution in [0.25, 0.3) is 0 Å². The molecular formula is C30H46O7. The molecule has 0 amide bonds. The van der Waals surface area contributed by atoms with E-state index >= 15 is 0 Å². The van der Waals surface area contributed by atoms with Crippen LogP contribution in [0.2, 0.25) is 0 Å². The molecule has 0 spiro atoms. The molecule has 7 heteroatoms. The highest BCUT2D eigenvalue weighted by Crippen LogP contribution is 2.75. The maximum Gasteiger partial charge on any atom is 0.140 e. The molecule has 0 radical (unpaired) electrons. The average Bonchev–Trinajstić information content (AvgIpc) is 3.00. The number of carbonyl (C=O) groups is 1. The Balaban J connectivity index is 1.62. The third-order valence-corrected chi connectivity index (χ3v) is 11.9. The van der Waals surface area contributed by atoms with Crippen molar-refractivity contribution in [2.24, 2.45) is 39.4 Å². The molecule has 1 aliphatic heterocycles. The zero-order valence-electron chi connectivity index (χ0n) is 23.4. The summed E-state index contributed by atoms with van der Waals surface area (Å²) in [4.78, 5) is 14.3. The van der Waals surface area contributed by atoms with E-state index in [-0.39, 0.29) is 49.3 Å². The van der Waals surface area contributed by atoms with E-state index in [2.05, 4.69) is 13.8 Å². The van der Waals surface area contributed by atoms with Gasteiger partial charge in [0.05, 0.1) is 42.7 Å². The predicted octanol–water partition coefficient (Wildman–Crippen LogP) is 2.53. The minimum absolute atomic E-state index is 0.0566. The number of Topliss-reactive ketones (excluding diaryl/α,β-unsaturated/α-hetero) is 1. The van der Waals surface area contributed by atoms with Crippen molar-refractivity contribution in [3.63, 3.8) is 0 Å². The van der Waals surface area contributed by atoms with E-state index in [1.165, 1.54) is 0 Å². The standard InChI is InChI=1S/C30H46O7/c1-15(14-31)8-16-11-29(6,36)24-21(37-16)12-27(4)23-19(32)9-17-18(10-20(33)25(35)26(17,2)3)30(23,7)22(34)13-28(24,27)5/h8-9,16,18-21,23-25,31-33,35-36H,10-14H2,1-7H3. The predicted molar refractivity (Wildman–Crippen MR) is 138 cm³/mol. The molecule has 5 N–H and O–H groups in total. The molecule has 0 aromatic heterocycles. The quantitative estimate of drug-likeness (QED) is 0.356. The van der Waals surface area contributed by atoms with Crippen molar-refractivity contribution >= 4 is 5.78 Å². The van der Waals surface area contributed by atoms with E-state index in [0.717, 1.165) is 11.1 Å². The van der Waals surface area contributed by atoms with Crippen molar-refractivity contribution < 1.29 is 35.1 Å². The minimum Gasteiger partial charge on any atom is -0.392 e. The number of aliphatic hydroxyl groups is 5. The van der Waals surface area contributed by atoms with Crippen molar-refractivity contribution in [3.8, 4) is 0 Å². The van der Waals surface area contributed by atoms with E-state index in [0.29, 0.717) is 12.8 Å². The number of hydrogen-bond acceptors (Lipinski definition) is 7. The van der Waals surface area contributed by atoms with Gasteiger partial charge < -0.3 is 30.3 Å². The topological polar surface area (TPSA) is 127 Å². The van der Waals surface area contributed by atoms with Crippen molar-refractivity contribution in [3.05, 3.63) is 23.3 Å². The molecule has 208 valence electrons. The van der Waals surface area contributed by atoms with Crippen LogP contribution in [0.1, 0.15) is 74.1 Å². The van der Waals surface area contributed by atoms with E-state index in [1.54, 1.807) is 0 Å². The molecule has 0 aromatic carbocycles. The Morgan fingerprint density at radius 3 is 2.32 bits per heavy atom. The van der Waals surface area contributed by atoms with Gasteiger partial charge >= 0.3 is 0 Å². The third kappa shape index (κ3) is 3.44. The lowest BCUT2D eigenvalue weighted by molar-refractivity contribution is -0.211. The van der Waals surface area contributed by atoms with Gasteiger partial charge in [-0.25, -0.2) is 0 Å². The molecule has 7 nitrogen and oxygen atoms in total. The highest BCUT2D eigenvalue weighted by Gasteiger charge is 2.76. The van der Waals surface area contributed by atoms with Gasteiger partial charge in [0.1, 0.15) is 5.78 Å². The van der Waals surface area contributed by atoms with Crippen LogP contribution in [0.15, 0.2) is 23.3 Å². The number of fused-ring (bicyclic) bond motifs is 7. The van der Waals surface area contributed by atoms with Crippen LogP contribution in [0.3, 0.4) is 0 Å². The van der Waals surface area contributed by atoms with Crippen LogP contribution in [0.4, 0.5) is 0 Å². The Hall–Kier alpha value is -1.09. The number of ether oxygens (including phenoxy) is 1. The Kier molecular flexibility index (Phi) is 6.10. The summed E-state index contributed by atoms with van der Waals surface area (Å²) in [7, 11) is 0. The number of hydrogen-bond donors (Lipinski definition) is 5. The summed E-state index contributed by atoms with van der Waals surface area (Å²) in [5.74, 6) is -0.932. The summed E-state index contributed by atoms with van der Waals surface area (Å²) in [5, 5.41) is 54.8.